The van der Waals surface area contributed by atoms with Gasteiger partial charge in [0.25, 0.3) is 0 Å². The molecule has 3 heteroatoms. The molecule has 0 aliphatic heterocycles. The van der Waals surface area contributed by atoms with Crippen molar-refractivity contribution in [3.63, 3.8) is 0 Å². The molecule has 116 valence electrons. The SMILES string of the molecule is CCNCC1CCc2nc(C3CCCCC3)nc(C)c2C1. The summed E-state index contributed by atoms with van der Waals surface area (Å²) >= 11 is 0. The average Bonchev–Trinajstić information content (AvgIpc) is 2.54. The van der Waals surface area contributed by atoms with Crippen molar-refractivity contribution in [3.05, 3.63) is 22.8 Å². The van der Waals surface area contributed by atoms with Gasteiger partial charge in [0.1, 0.15) is 5.82 Å². The van der Waals surface area contributed by atoms with E-state index in [9.17, 15) is 0 Å². The molecule has 1 fully saturated rings. The Morgan fingerprint density at radius 1 is 1.10 bits per heavy atom. The first-order valence-corrected chi connectivity index (χ1v) is 8.85. The van der Waals surface area contributed by atoms with Gasteiger partial charge >= 0.3 is 0 Å². The molecule has 0 aromatic carbocycles. The third-order valence-electron chi connectivity index (χ3n) is 5.25. The predicted molar refractivity (Wildman–Crippen MR) is 86.7 cm³/mol. The van der Waals surface area contributed by atoms with Crippen LogP contribution in [-0.4, -0.2) is 23.1 Å². The van der Waals surface area contributed by atoms with Crippen LogP contribution in [0.25, 0.3) is 0 Å². The Balaban J connectivity index is 1.76. The first-order valence-electron chi connectivity index (χ1n) is 8.85. The standard InChI is InChI=1S/C18H29N3/c1-3-19-12-14-9-10-17-16(11-14)13(2)20-18(21-17)15-7-5-4-6-8-15/h14-15,19H,3-12H2,1-2H3. The fourth-order valence-electron chi connectivity index (χ4n) is 3.95. The van der Waals surface area contributed by atoms with E-state index in [2.05, 4.69) is 19.2 Å². The fourth-order valence-corrected chi connectivity index (χ4v) is 3.95. The summed E-state index contributed by atoms with van der Waals surface area (Å²) in [6, 6.07) is 0. The van der Waals surface area contributed by atoms with Crippen LogP contribution in [0.4, 0.5) is 0 Å². The normalized spacial score (nSPS) is 23.0. The molecule has 1 aromatic rings. The van der Waals surface area contributed by atoms with Gasteiger partial charge in [-0.05, 0) is 63.6 Å². The molecule has 0 bridgehead atoms. The van der Waals surface area contributed by atoms with Crippen molar-refractivity contribution in [2.45, 2.75) is 71.1 Å². The highest BCUT2D eigenvalue weighted by atomic mass is 14.9. The Kier molecular flexibility index (Phi) is 4.89. The zero-order valence-corrected chi connectivity index (χ0v) is 13.6. The smallest absolute Gasteiger partial charge is 0.131 e. The van der Waals surface area contributed by atoms with Gasteiger partial charge in [-0.25, -0.2) is 9.97 Å². The molecule has 1 atom stereocenters. The third-order valence-corrected chi connectivity index (χ3v) is 5.25. The van der Waals surface area contributed by atoms with Crippen LogP contribution < -0.4 is 5.32 Å². The van der Waals surface area contributed by atoms with Crippen molar-refractivity contribution >= 4 is 0 Å². The summed E-state index contributed by atoms with van der Waals surface area (Å²) < 4.78 is 0. The summed E-state index contributed by atoms with van der Waals surface area (Å²) in [6.07, 6.45) is 10.3. The molecule has 0 saturated heterocycles. The molecule has 21 heavy (non-hydrogen) atoms. The van der Waals surface area contributed by atoms with Crippen molar-refractivity contribution in [3.8, 4) is 0 Å². The number of nitrogens with zero attached hydrogens (tertiary/aromatic N) is 2. The molecule has 0 amide bonds. The zero-order chi connectivity index (χ0) is 14.7. The molecule has 3 nitrogen and oxygen atoms in total. The van der Waals surface area contributed by atoms with Crippen LogP contribution in [0.5, 0.6) is 0 Å². The number of aromatic nitrogens is 2. The van der Waals surface area contributed by atoms with Crippen LogP contribution in [0.2, 0.25) is 0 Å². The molecule has 1 unspecified atom stereocenters. The van der Waals surface area contributed by atoms with Gasteiger partial charge in [-0.15, -0.1) is 0 Å². The first-order chi connectivity index (χ1) is 10.3. The van der Waals surface area contributed by atoms with Gasteiger partial charge in [0.15, 0.2) is 0 Å². The maximum absolute atomic E-state index is 4.98. The largest absolute Gasteiger partial charge is 0.317 e. The van der Waals surface area contributed by atoms with Crippen LogP contribution in [0, 0.1) is 12.8 Å². The Morgan fingerprint density at radius 3 is 2.67 bits per heavy atom. The second-order valence-corrected chi connectivity index (χ2v) is 6.84. The molecule has 2 aliphatic carbocycles. The van der Waals surface area contributed by atoms with E-state index < -0.39 is 0 Å². The predicted octanol–water partition coefficient (Wildman–Crippen LogP) is 3.55. The molecular weight excluding hydrogens is 258 g/mol. The molecular formula is C18H29N3. The number of aryl methyl sites for hydroxylation is 2. The molecule has 1 N–H and O–H groups in total. The van der Waals surface area contributed by atoms with E-state index in [0.29, 0.717) is 5.92 Å². The van der Waals surface area contributed by atoms with Crippen molar-refractivity contribution in [2.75, 3.05) is 13.1 Å². The number of rotatable bonds is 4. The lowest BCUT2D eigenvalue weighted by Crippen LogP contribution is -2.28. The highest BCUT2D eigenvalue weighted by Crippen LogP contribution is 2.33. The fraction of sp³-hybridized carbons (Fsp3) is 0.778. The van der Waals surface area contributed by atoms with Crippen LogP contribution in [-0.2, 0) is 12.8 Å². The highest BCUT2D eigenvalue weighted by molar-refractivity contribution is 5.29. The first kappa shape index (κ1) is 15.0. The van der Waals surface area contributed by atoms with E-state index in [1.54, 1.807) is 0 Å². The Labute approximate surface area is 129 Å². The van der Waals surface area contributed by atoms with Gasteiger partial charge in [-0.2, -0.15) is 0 Å². The van der Waals surface area contributed by atoms with Gasteiger partial charge in [0.2, 0.25) is 0 Å². The molecule has 0 spiro atoms. The monoisotopic (exact) mass is 287 g/mol. The number of fused-ring (bicyclic) bond motifs is 1. The summed E-state index contributed by atoms with van der Waals surface area (Å²) in [5, 5.41) is 3.49. The third kappa shape index (κ3) is 3.45. The Morgan fingerprint density at radius 2 is 1.90 bits per heavy atom. The van der Waals surface area contributed by atoms with Crippen LogP contribution in [0.1, 0.15) is 74.1 Å². The number of nitrogens with one attached hydrogen (secondary N) is 1. The lowest BCUT2D eigenvalue weighted by atomic mass is 9.84. The lowest BCUT2D eigenvalue weighted by Gasteiger charge is -2.27. The van der Waals surface area contributed by atoms with Crippen molar-refractivity contribution < 1.29 is 0 Å². The minimum Gasteiger partial charge on any atom is -0.317 e. The minimum absolute atomic E-state index is 0.627. The number of hydrogen-bond acceptors (Lipinski definition) is 3. The lowest BCUT2D eigenvalue weighted by molar-refractivity contribution is 0.408. The zero-order valence-electron chi connectivity index (χ0n) is 13.6. The second kappa shape index (κ2) is 6.87. The quantitative estimate of drug-likeness (QED) is 0.920. The summed E-state index contributed by atoms with van der Waals surface area (Å²) in [6.45, 7) is 6.59. The summed E-state index contributed by atoms with van der Waals surface area (Å²) in [7, 11) is 0. The molecule has 2 aliphatic rings. The molecule has 3 rings (SSSR count). The average molecular weight is 287 g/mol. The van der Waals surface area contributed by atoms with Crippen molar-refractivity contribution in [1.82, 2.24) is 15.3 Å². The molecule has 1 saturated carbocycles. The van der Waals surface area contributed by atoms with Crippen LogP contribution >= 0.6 is 0 Å². The van der Waals surface area contributed by atoms with E-state index in [1.807, 2.05) is 0 Å². The van der Waals surface area contributed by atoms with Gasteiger partial charge in [0, 0.05) is 17.3 Å². The molecule has 1 heterocycles. The van der Waals surface area contributed by atoms with Gasteiger partial charge in [-0.3, -0.25) is 0 Å². The minimum atomic E-state index is 0.627. The maximum Gasteiger partial charge on any atom is 0.131 e. The van der Waals surface area contributed by atoms with E-state index in [1.165, 1.54) is 61.9 Å². The summed E-state index contributed by atoms with van der Waals surface area (Å²) in [4.78, 5) is 9.87. The van der Waals surface area contributed by atoms with Gasteiger partial charge in [0.05, 0.1) is 0 Å². The van der Waals surface area contributed by atoms with E-state index in [0.717, 1.165) is 31.3 Å². The van der Waals surface area contributed by atoms with E-state index in [-0.39, 0.29) is 0 Å². The molecule has 0 radical (unpaired) electrons. The summed E-state index contributed by atoms with van der Waals surface area (Å²) in [5.74, 6) is 2.54. The Hall–Kier alpha value is -0.960. The summed E-state index contributed by atoms with van der Waals surface area (Å²) in [5.41, 5.74) is 4.06. The second-order valence-electron chi connectivity index (χ2n) is 6.84. The van der Waals surface area contributed by atoms with E-state index >= 15 is 0 Å². The highest BCUT2D eigenvalue weighted by Gasteiger charge is 2.25. The van der Waals surface area contributed by atoms with Gasteiger partial charge in [-0.1, -0.05) is 26.2 Å². The van der Waals surface area contributed by atoms with Crippen LogP contribution in [0.3, 0.4) is 0 Å². The van der Waals surface area contributed by atoms with Gasteiger partial charge < -0.3 is 5.32 Å². The van der Waals surface area contributed by atoms with Crippen molar-refractivity contribution in [2.24, 2.45) is 5.92 Å². The Bertz CT molecular complexity index is 478. The number of hydrogen-bond donors (Lipinski definition) is 1. The van der Waals surface area contributed by atoms with E-state index in [4.69, 9.17) is 9.97 Å². The molecule has 1 aromatic heterocycles. The topological polar surface area (TPSA) is 37.8 Å². The van der Waals surface area contributed by atoms with Crippen LogP contribution in [0.15, 0.2) is 0 Å². The van der Waals surface area contributed by atoms with Crippen molar-refractivity contribution in [1.29, 1.82) is 0 Å². The maximum atomic E-state index is 4.98.